The van der Waals surface area contributed by atoms with Gasteiger partial charge in [-0.3, -0.25) is 0 Å². The average Bonchev–Trinajstić information content (AvgIpc) is 2.53. The molecule has 0 atom stereocenters. The Hall–Kier alpha value is -2.84. The summed E-state index contributed by atoms with van der Waals surface area (Å²) < 4.78 is 42.9. The lowest BCUT2D eigenvalue weighted by molar-refractivity contribution is -0.138. The van der Waals surface area contributed by atoms with E-state index in [2.05, 4.69) is 19.5 Å². The minimum Gasteiger partial charge on any atom is -0.493 e. The Morgan fingerprint density at radius 1 is 1.13 bits per heavy atom. The topological polar surface area (TPSA) is 83.1 Å². The van der Waals surface area contributed by atoms with Gasteiger partial charge in [-0.1, -0.05) is 0 Å². The van der Waals surface area contributed by atoms with Crippen LogP contribution in [0.3, 0.4) is 0 Å². The van der Waals surface area contributed by atoms with Gasteiger partial charge in [0.15, 0.2) is 11.5 Å². The molecule has 0 saturated carbocycles. The molecule has 0 heterocycles. The smallest absolute Gasteiger partial charge is 0.387 e. The standard InChI is InChI=1S/C14H15F2NO6/c1-20-10-5-4-8(6-11(10)23-14(15)16)17-9(13(19)22-3)7-12(18)21-2/h4-7,14,17H,1-3H3/b9-7+. The molecule has 0 amide bonds. The third-order valence-corrected chi connectivity index (χ3v) is 2.53. The molecule has 0 unspecified atom stereocenters. The number of carbonyl (C=O) groups is 2. The van der Waals surface area contributed by atoms with Gasteiger partial charge in [-0.15, -0.1) is 0 Å². The lowest BCUT2D eigenvalue weighted by Crippen LogP contribution is -2.15. The molecule has 0 fully saturated rings. The number of anilines is 1. The maximum absolute atomic E-state index is 12.4. The first-order valence-corrected chi connectivity index (χ1v) is 6.19. The maximum Gasteiger partial charge on any atom is 0.387 e. The lowest BCUT2D eigenvalue weighted by Gasteiger charge is -2.13. The van der Waals surface area contributed by atoms with Crippen LogP contribution in [0.4, 0.5) is 14.5 Å². The molecule has 23 heavy (non-hydrogen) atoms. The van der Waals surface area contributed by atoms with Crippen LogP contribution in [0.25, 0.3) is 0 Å². The van der Waals surface area contributed by atoms with Crippen LogP contribution in [-0.2, 0) is 19.1 Å². The van der Waals surface area contributed by atoms with Crippen molar-refractivity contribution in [3.63, 3.8) is 0 Å². The highest BCUT2D eigenvalue weighted by molar-refractivity contribution is 5.98. The molecule has 1 aromatic rings. The highest BCUT2D eigenvalue weighted by atomic mass is 19.3. The van der Waals surface area contributed by atoms with E-state index in [1.807, 2.05) is 0 Å². The van der Waals surface area contributed by atoms with Gasteiger partial charge in [0.2, 0.25) is 0 Å². The van der Waals surface area contributed by atoms with Crippen LogP contribution in [0.2, 0.25) is 0 Å². The fourth-order valence-corrected chi connectivity index (χ4v) is 1.53. The van der Waals surface area contributed by atoms with Crippen molar-refractivity contribution >= 4 is 17.6 Å². The van der Waals surface area contributed by atoms with Crippen LogP contribution >= 0.6 is 0 Å². The van der Waals surface area contributed by atoms with E-state index in [0.29, 0.717) is 0 Å². The van der Waals surface area contributed by atoms with Gasteiger partial charge in [-0.25, -0.2) is 9.59 Å². The Morgan fingerprint density at radius 2 is 1.83 bits per heavy atom. The highest BCUT2D eigenvalue weighted by Crippen LogP contribution is 2.32. The summed E-state index contributed by atoms with van der Waals surface area (Å²) in [5, 5.41) is 2.57. The third kappa shape index (κ3) is 5.46. The number of alkyl halides is 2. The van der Waals surface area contributed by atoms with Gasteiger partial charge in [-0.05, 0) is 12.1 Å². The lowest BCUT2D eigenvalue weighted by atomic mass is 10.2. The second kappa shape index (κ2) is 8.57. The van der Waals surface area contributed by atoms with Crippen molar-refractivity contribution in [3.8, 4) is 11.5 Å². The molecule has 0 spiro atoms. The number of nitrogens with one attached hydrogen (secondary N) is 1. The Balaban J connectivity index is 3.11. The summed E-state index contributed by atoms with van der Waals surface area (Å²) in [6.07, 6.45) is 0.865. The minimum absolute atomic E-state index is 0.0763. The quantitative estimate of drug-likeness (QED) is 0.604. The fourth-order valence-electron chi connectivity index (χ4n) is 1.53. The van der Waals surface area contributed by atoms with Crippen LogP contribution in [0, 0.1) is 0 Å². The largest absolute Gasteiger partial charge is 0.493 e. The molecular formula is C14H15F2NO6. The average molecular weight is 331 g/mol. The molecular weight excluding hydrogens is 316 g/mol. The highest BCUT2D eigenvalue weighted by Gasteiger charge is 2.15. The van der Waals surface area contributed by atoms with E-state index in [4.69, 9.17) is 4.74 Å². The molecule has 0 radical (unpaired) electrons. The molecule has 1 N–H and O–H groups in total. The Bertz CT molecular complexity index is 603. The minimum atomic E-state index is -3.05. The molecule has 0 bridgehead atoms. The monoisotopic (exact) mass is 331 g/mol. The summed E-state index contributed by atoms with van der Waals surface area (Å²) in [6.45, 7) is -3.05. The summed E-state index contributed by atoms with van der Waals surface area (Å²) in [5.41, 5.74) is -0.0467. The number of halogens is 2. The maximum atomic E-state index is 12.4. The van der Waals surface area contributed by atoms with Crippen LogP contribution in [0.5, 0.6) is 11.5 Å². The zero-order valence-electron chi connectivity index (χ0n) is 12.6. The van der Waals surface area contributed by atoms with Crippen LogP contribution in [-0.4, -0.2) is 39.9 Å². The number of ether oxygens (including phenoxy) is 4. The number of rotatable bonds is 7. The SMILES string of the molecule is COC(=O)/C=C(/Nc1ccc(OC)c(OC(F)F)c1)C(=O)OC. The summed E-state index contributed by atoms with van der Waals surface area (Å²) in [5.74, 6) is -1.81. The Kier molecular flexibility index (Phi) is 6.78. The number of hydrogen-bond acceptors (Lipinski definition) is 7. The van der Waals surface area contributed by atoms with E-state index < -0.39 is 18.6 Å². The van der Waals surface area contributed by atoms with Crippen molar-refractivity contribution < 1.29 is 37.3 Å². The van der Waals surface area contributed by atoms with Gasteiger partial charge < -0.3 is 24.3 Å². The van der Waals surface area contributed by atoms with Gasteiger partial charge in [-0.2, -0.15) is 8.78 Å². The second-order valence-electron chi connectivity index (χ2n) is 3.94. The van der Waals surface area contributed by atoms with E-state index in [0.717, 1.165) is 20.3 Å². The van der Waals surface area contributed by atoms with Crippen molar-refractivity contribution in [1.29, 1.82) is 0 Å². The molecule has 0 aliphatic heterocycles. The van der Waals surface area contributed by atoms with Gasteiger partial charge in [0.1, 0.15) is 5.70 Å². The summed E-state index contributed by atoms with van der Waals surface area (Å²) in [7, 11) is 3.54. The Morgan fingerprint density at radius 3 is 2.35 bits per heavy atom. The van der Waals surface area contributed by atoms with E-state index in [1.54, 1.807) is 0 Å². The van der Waals surface area contributed by atoms with Crippen molar-refractivity contribution in [2.24, 2.45) is 0 Å². The number of esters is 2. The number of benzene rings is 1. The van der Waals surface area contributed by atoms with Crippen molar-refractivity contribution in [2.45, 2.75) is 6.61 Å². The van der Waals surface area contributed by atoms with E-state index in [-0.39, 0.29) is 22.9 Å². The predicted octanol–water partition coefficient (Wildman–Crippen LogP) is 1.94. The number of carbonyl (C=O) groups excluding carboxylic acids is 2. The molecule has 0 aliphatic carbocycles. The van der Waals surface area contributed by atoms with Crippen LogP contribution in [0.15, 0.2) is 30.0 Å². The second-order valence-corrected chi connectivity index (χ2v) is 3.94. The molecule has 7 nitrogen and oxygen atoms in total. The summed E-state index contributed by atoms with van der Waals surface area (Å²) >= 11 is 0. The van der Waals surface area contributed by atoms with Gasteiger partial charge >= 0.3 is 18.6 Å². The van der Waals surface area contributed by atoms with E-state index >= 15 is 0 Å². The van der Waals surface area contributed by atoms with Gasteiger partial charge in [0.25, 0.3) is 0 Å². The van der Waals surface area contributed by atoms with E-state index in [9.17, 15) is 18.4 Å². The van der Waals surface area contributed by atoms with Gasteiger partial charge in [0.05, 0.1) is 27.4 Å². The Labute approximate surface area is 130 Å². The van der Waals surface area contributed by atoms with Crippen molar-refractivity contribution in [3.05, 3.63) is 30.0 Å². The normalized spacial score (nSPS) is 11.0. The number of hydrogen-bond donors (Lipinski definition) is 1. The number of methoxy groups -OCH3 is 3. The first-order chi connectivity index (χ1) is 10.9. The van der Waals surface area contributed by atoms with Crippen molar-refractivity contribution in [2.75, 3.05) is 26.6 Å². The first-order valence-electron chi connectivity index (χ1n) is 6.19. The molecule has 0 aliphatic rings. The zero-order valence-corrected chi connectivity index (χ0v) is 12.6. The van der Waals surface area contributed by atoms with E-state index in [1.165, 1.54) is 25.3 Å². The first kappa shape index (κ1) is 18.2. The van der Waals surface area contributed by atoms with Crippen LogP contribution in [0.1, 0.15) is 0 Å². The molecule has 126 valence electrons. The van der Waals surface area contributed by atoms with Gasteiger partial charge in [0, 0.05) is 11.8 Å². The van der Waals surface area contributed by atoms with Crippen LogP contribution < -0.4 is 14.8 Å². The zero-order chi connectivity index (χ0) is 17.4. The molecule has 1 rings (SSSR count). The molecule has 1 aromatic carbocycles. The summed E-state index contributed by atoms with van der Waals surface area (Å²) in [4.78, 5) is 22.9. The molecule has 0 aromatic heterocycles. The molecule has 9 heteroatoms. The predicted molar refractivity (Wildman–Crippen MR) is 75.4 cm³/mol. The van der Waals surface area contributed by atoms with Crippen molar-refractivity contribution in [1.82, 2.24) is 0 Å². The molecule has 0 saturated heterocycles. The third-order valence-electron chi connectivity index (χ3n) is 2.53. The summed E-state index contributed by atoms with van der Waals surface area (Å²) in [6, 6.07) is 3.97. The fraction of sp³-hybridized carbons (Fsp3) is 0.286.